The van der Waals surface area contributed by atoms with Crippen LogP contribution in [0.15, 0.2) is 12.7 Å². The van der Waals surface area contributed by atoms with E-state index in [-0.39, 0.29) is 0 Å². The molecule has 0 aromatic heterocycles. The highest BCUT2D eigenvalue weighted by Gasteiger charge is 2.34. The summed E-state index contributed by atoms with van der Waals surface area (Å²) in [5.41, 5.74) is 0.475. The van der Waals surface area contributed by atoms with Crippen molar-refractivity contribution in [2.45, 2.75) is 53.4 Å². The summed E-state index contributed by atoms with van der Waals surface area (Å²) in [5, 5.41) is 3.53. The molecule has 1 aliphatic carbocycles. The zero-order valence-electron chi connectivity index (χ0n) is 12.3. The number of nitrogens with one attached hydrogen (secondary N) is 1. The molecular weight excluding hydrogens is 206 g/mol. The van der Waals surface area contributed by atoms with Gasteiger partial charge in [-0.1, -0.05) is 33.8 Å². The lowest BCUT2D eigenvalue weighted by molar-refractivity contribution is 0.0987. The van der Waals surface area contributed by atoms with Crippen LogP contribution in [0, 0.1) is 23.2 Å². The third-order valence-corrected chi connectivity index (χ3v) is 4.49. The van der Waals surface area contributed by atoms with Crippen LogP contribution >= 0.6 is 0 Å². The minimum absolute atomic E-state index is 0.475. The van der Waals surface area contributed by atoms with Gasteiger partial charge in [-0.15, -0.1) is 6.58 Å². The summed E-state index contributed by atoms with van der Waals surface area (Å²) in [6.45, 7) is 15.6. The van der Waals surface area contributed by atoms with E-state index in [2.05, 4.69) is 45.7 Å². The largest absolute Gasteiger partial charge is 0.317 e. The average molecular weight is 237 g/mol. The number of rotatable bonds is 5. The summed E-state index contributed by atoms with van der Waals surface area (Å²) < 4.78 is 0. The Hall–Kier alpha value is -0.300. The molecule has 17 heavy (non-hydrogen) atoms. The highest BCUT2D eigenvalue weighted by Crippen LogP contribution is 2.43. The first-order valence-electron chi connectivity index (χ1n) is 7.30. The van der Waals surface area contributed by atoms with E-state index in [0.717, 1.165) is 24.3 Å². The number of allylic oxidation sites excluding steroid dienone is 1. The molecule has 0 spiro atoms. The summed E-state index contributed by atoms with van der Waals surface area (Å²) in [5.74, 6) is 2.61. The molecule has 0 saturated heterocycles. The van der Waals surface area contributed by atoms with Crippen molar-refractivity contribution in [1.82, 2.24) is 5.32 Å². The predicted octanol–water partition coefficient (Wildman–Crippen LogP) is 4.25. The van der Waals surface area contributed by atoms with Crippen LogP contribution in [0.25, 0.3) is 0 Å². The molecule has 0 amide bonds. The first-order chi connectivity index (χ1) is 7.99. The first-order valence-corrected chi connectivity index (χ1v) is 7.30. The van der Waals surface area contributed by atoms with Crippen molar-refractivity contribution in [3.05, 3.63) is 12.7 Å². The number of hydrogen-bond donors (Lipinski definition) is 1. The van der Waals surface area contributed by atoms with Gasteiger partial charge >= 0.3 is 0 Å². The minimum atomic E-state index is 0.475. The van der Waals surface area contributed by atoms with E-state index in [0.29, 0.717) is 5.41 Å². The molecule has 0 aromatic carbocycles. The van der Waals surface area contributed by atoms with Gasteiger partial charge in [-0.2, -0.15) is 0 Å². The zero-order valence-corrected chi connectivity index (χ0v) is 12.3. The Kier molecular flexibility index (Phi) is 5.72. The topological polar surface area (TPSA) is 12.0 Å². The fourth-order valence-electron chi connectivity index (χ4n) is 3.21. The molecule has 1 rings (SSSR count). The van der Waals surface area contributed by atoms with Crippen LogP contribution < -0.4 is 5.32 Å². The fraction of sp³-hybridized carbons (Fsp3) is 0.875. The highest BCUT2D eigenvalue weighted by atomic mass is 14.8. The average Bonchev–Trinajstić information content (AvgIpc) is 2.26. The van der Waals surface area contributed by atoms with E-state index in [9.17, 15) is 0 Å². The zero-order chi connectivity index (χ0) is 12.9. The number of hydrogen-bond acceptors (Lipinski definition) is 1. The molecule has 3 atom stereocenters. The normalized spacial score (nSPS) is 30.2. The van der Waals surface area contributed by atoms with Crippen molar-refractivity contribution in [3.63, 3.8) is 0 Å². The molecule has 3 unspecified atom stereocenters. The summed E-state index contributed by atoms with van der Waals surface area (Å²) in [6.07, 6.45) is 7.52. The summed E-state index contributed by atoms with van der Waals surface area (Å²) in [6, 6.07) is 0. The molecule has 1 N–H and O–H groups in total. The van der Waals surface area contributed by atoms with Crippen LogP contribution in [0.3, 0.4) is 0 Å². The lowest BCUT2D eigenvalue weighted by atomic mass is 9.65. The van der Waals surface area contributed by atoms with Crippen LogP contribution in [-0.4, -0.2) is 13.1 Å². The second-order valence-corrected chi connectivity index (χ2v) is 6.73. The van der Waals surface area contributed by atoms with E-state index < -0.39 is 0 Å². The molecule has 1 nitrogen and oxygen atoms in total. The van der Waals surface area contributed by atoms with E-state index >= 15 is 0 Å². The van der Waals surface area contributed by atoms with Gasteiger partial charge in [0.25, 0.3) is 0 Å². The van der Waals surface area contributed by atoms with Crippen LogP contribution in [0.1, 0.15) is 53.4 Å². The molecule has 0 bridgehead atoms. The van der Waals surface area contributed by atoms with Gasteiger partial charge in [0.15, 0.2) is 0 Å². The molecule has 1 heteroatoms. The van der Waals surface area contributed by atoms with Gasteiger partial charge in [0, 0.05) is 0 Å². The molecule has 0 radical (unpaired) electrons. The van der Waals surface area contributed by atoms with Gasteiger partial charge in [-0.3, -0.25) is 0 Å². The maximum Gasteiger partial charge on any atom is -0.00179 e. The molecule has 1 saturated carbocycles. The molecule has 0 aromatic rings. The third kappa shape index (κ3) is 4.46. The lowest BCUT2D eigenvalue weighted by Crippen LogP contribution is -2.36. The maximum absolute atomic E-state index is 3.94. The molecular formula is C16H31N. The van der Waals surface area contributed by atoms with Crippen LogP contribution in [0.4, 0.5) is 0 Å². The van der Waals surface area contributed by atoms with Gasteiger partial charge in [0.2, 0.25) is 0 Å². The predicted molar refractivity (Wildman–Crippen MR) is 77.1 cm³/mol. The third-order valence-electron chi connectivity index (χ3n) is 4.49. The Morgan fingerprint density at radius 3 is 2.47 bits per heavy atom. The van der Waals surface area contributed by atoms with E-state index in [1.807, 2.05) is 0 Å². The Bertz CT molecular complexity index is 226. The van der Waals surface area contributed by atoms with Crippen molar-refractivity contribution in [2.75, 3.05) is 13.1 Å². The molecule has 100 valence electrons. The smallest absolute Gasteiger partial charge is 0.00179 e. The highest BCUT2D eigenvalue weighted by molar-refractivity contribution is 4.89. The molecule has 1 aliphatic rings. The van der Waals surface area contributed by atoms with Gasteiger partial charge in [0.05, 0.1) is 0 Å². The first kappa shape index (κ1) is 14.8. The van der Waals surface area contributed by atoms with Crippen molar-refractivity contribution >= 4 is 0 Å². The van der Waals surface area contributed by atoms with Crippen molar-refractivity contribution in [1.29, 1.82) is 0 Å². The van der Waals surface area contributed by atoms with Crippen LogP contribution in [0.2, 0.25) is 0 Å². The lowest BCUT2D eigenvalue weighted by Gasteiger charge is -2.42. The van der Waals surface area contributed by atoms with Gasteiger partial charge in [0.1, 0.15) is 0 Å². The monoisotopic (exact) mass is 237 g/mol. The van der Waals surface area contributed by atoms with Gasteiger partial charge < -0.3 is 5.32 Å². The molecule has 0 aliphatic heterocycles. The summed E-state index contributed by atoms with van der Waals surface area (Å²) in [4.78, 5) is 0. The van der Waals surface area contributed by atoms with E-state index in [4.69, 9.17) is 0 Å². The van der Waals surface area contributed by atoms with Crippen molar-refractivity contribution < 1.29 is 0 Å². The molecule has 1 fully saturated rings. The fourth-order valence-corrected chi connectivity index (χ4v) is 3.21. The minimum Gasteiger partial charge on any atom is -0.317 e. The standard InChI is InChI=1S/C16H31N/c1-6-8-13-11-15(16(3,4)5)10-9-14(13)12-17-7-2/h6,13-15,17H,1,7-12H2,2-5H3. The Balaban J connectivity index is 2.57. The summed E-state index contributed by atoms with van der Waals surface area (Å²) >= 11 is 0. The second kappa shape index (κ2) is 6.58. The van der Waals surface area contributed by atoms with Crippen LogP contribution in [0.5, 0.6) is 0 Å². The van der Waals surface area contributed by atoms with E-state index in [1.165, 1.54) is 32.2 Å². The van der Waals surface area contributed by atoms with Crippen LogP contribution in [-0.2, 0) is 0 Å². The van der Waals surface area contributed by atoms with Gasteiger partial charge in [-0.25, -0.2) is 0 Å². The Labute approximate surface area is 108 Å². The Morgan fingerprint density at radius 1 is 1.24 bits per heavy atom. The van der Waals surface area contributed by atoms with Gasteiger partial charge in [-0.05, 0) is 61.9 Å². The molecule has 0 heterocycles. The summed E-state index contributed by atoms with van der Waals surface area (Å²) in [7, 11) is 0. The maximum atomic E-state index is 3.94. The SMILES string of the molecule is C=CCC1CC(C(C)(C)C)CCC1CNCC. The second-order valence-electron chi connectivity index (χ2n) is 6.73. The van der Waals surface area contributed by atoms with Crippen molar-refractivity contribution in [2.24, 2.45) is 23.2 Å². The van der Waals surface area contributed by atoms with E-state index in [1.54, 1.807) is 0 Å². The Morgan fingerprint density at radius 2 is 1.94 bits per heavy atom. The van der Waals surface area contributed by atoms with Crippen molar-refractivity contribution in [3.8, 4) is 0 Å². The quantitative estimate of drug-likeness (QED) is 0.705.